The number of halogens is 1. The molecule has 100 valence electrons. The van der Waals surface area contributed by atoms with Crippen molar-refractivity contribution in [2.75, 3.05) is 0 Å². The van der Waals surface area contributed by atoms with Gasteiger partial charge < -0.3 is 15.7 Å². The molecule has 1 aromatic heterocycles. The summed E-state index contributed by atoms with van der Waals surface area (Å²) < 4.78 is 0.989. The molecule has 7 heteroatoms. The van der Waals surface area contributed by atoms with E-state index in [0.29, 0.717) is 13.0 Å². The molecule has 0 bridgehead atoms. The van der Waals surface area contributed by atoms with Crippen LogP contribution < -0.4 is 10.6 Å². The highest BCUT2D eigenvalue weighted by Gasteiger charge is 2.32. The van der Waals surface area contributed by atoms with Crippen LogP contribution >= 0.6 is 27.3 Å². The normalized spacial score (nSPS) is 13.7. The van der Waals surface area contributed by atoms with Crippen LogP contribution in [0.1, 0.15) is 25.1 Å². The molecule has 1 rings (SSSR count). The fourth-order valence-corrected chi connectivity index (χ4v) is 2.62. The first-order valence-corrected chi connectivity index (χ1v) is 7.02. The maximum Gasteiger partial charge on any atom is 0.329 e. The maximum absolute atomic E-state index is 11.6. The first-order valence-electron chi connectivity index (χ1n) is 5.41. The fourth-order valence-electron chi connectivity index (χ4n) is 1.20. The molecule has 0 aliphatic rings. The molecule has 3 N–H and O–H groups in total. The van der Waals surface area contributed by atoms with Gasteiger partial charge in [-0.3, -0.25) is 0 Å². The standard InChI is InChI=1S/C11H15BrN2O3S/c1-3-11(2,9(15)16)14-10(17)13-6-7-4-5-8(12)18-7/h4-5H,3,6H2,1-2H3,(H,15,16)(H2,13,14,17). The highest BCUT2D eigenvalue weighted by atomic mass is 79.9. The van der Waals surface area contributed by atoms with Crippen LogP contribution in [-0.2, 0) is 11.3 Å². The van der Waals surface area contributed by atoms with Gasteiger partial charge in [0.15, 0.2) is 0 Å². The van der Waals surface area contributed by atoms with Crippen molar-refractivity contribution in [3.8, 4) is 0 Å². The van der Waals surface area contributed by atoms with Gasteiger partial charge in [-0.15, -0.1) is 11.3 Å². The van der Waals surface area contributed by atoms with Crippen molar-refractivity contribution < 1.29 is 14.7 Å². The van der Waals surface area contributed by atoms with Gasteiger partial charge in [0.05, 0.1) is 10.3 Å². The number of thiophene rings is 1. The third-order valence-electron chi connectivity index (χ3n) is 2.62. The quantitative estimate of drug-likeness (QED) is 0.774. The highest BCUT2D eigenvalue weighted by Crippen LogP contribution is 2.21. The van der Waals surface area contributed by atoms with E-state index in [-0.39, 0.29) is 0 Å². The summed E-state index contributed by atoms with van der Waals surface area (Å²) in [4.78, 5) is 23.6. The fraction of sp³-hybridized carbons (Fsp3) is 0.455. The van der Waals surface area contributed by atoms with Crippen LogP contribution in [0.2, 0.25) is 0 Å². The summed E-state index contributed by atoms with van der Waals surface area (Å²) in [7, 11) is 0. The third kappa shape index (κ3) is 3.99. The Kier molecular flexibility index (Phi) is 5.15. The summed E-state index contributed by atoms with van der Waals surface area (Å²) in [6, 6.07) is 3.31. The first-order chi connectivity index (χ1) is 8.37. The van der Waals surface area contributed by atoms with Gasteiger partial charge in [0, 0.05) is 4.88 Å². The van der Waals surface area contributed by atoms with Gasteiger partial charge in [-0.05, 0) is 41.4 Å². The van der Waals surface area contributed by atoms with Gasteiger partial charge in [0.25, 0.3) is 0 Å². The number of carbonyl (C=O) groups excluding carboxylic acids is 1. The van der Waals surface area contributed by atoms with E-state index in [1.165, 1.54) is 18.3 Å². The lowest BCUT2D eigenvalue weighted by molar-refractivity contribution is -0.143. The Morgan fingerprint density at radius 1 is 1.50 bits per heavy atom. The molecule has 5 nitrogen and oxygen atoms in total. The molecule has 0 saturated heterocycles. The molecule has 1 aromatic rings. The Bertz CT molecular complexity index is 449. The van der Waals surface area contributed by atoms with Crippen LogP contribution in [0.25, 0.3) is 0 Å². The van der Waals surface area contributed by atoms with E-state index < -0.39 is 17.5 Å². The molecule has 0 spiro atoms. The molecule has 2 amide bonds. The lowest BCUT2D eigenvalue weighted by Gasteiger charge is -2.24. The largest absolute Gasteiger partial charge is 0.480 e. The molecule has 18 heavy (non-hydrogen) atoms. The zero-order chi connectivity index (χ0) is 13.8. The molecular formula is C11H15BrN2O3S. The van der Waals surface area contributed by atoms with Crippen LogP contribution in [0.5, 0.6) is 0 Å². The number of nitrogens with one attached hydrogen (secondary N) is 2. The minimum Gasteiger partial charge on any atom is -0.480 e. The Morgan fingerprint density at radius 2 is 2.17 bits per heavy atom. The lowest BCUT2D eigenvalue weighted by Crippen LogP contribution is -2.54. The van der Waals surface area contributed by atoms with Gasteiger partial charge in [-0.25, -0.2) is 9.59 Å². The number of urea groups is 1. The summed E-state index contributed by atoms with van der Waals surface area (Å²) >= 11 is 4.85. The summed E-state index contributed by atoms with van der Waals surface area (Å²) in [5, 5.41) is 14.1. The second-order valence-corrected chi connectivity index (χ2v) is 6.55. The zero-order valence-electron chi connectivity index (χ0n) is 10.1. The van der Waals surface area contributed by atoms with Gasteiger partial charge in [-0.1, -0.05) is 6.92 Å². The van der Waals surface area contributed by atoms with Crippen molar-refractivity contribution in [3.05, 3.63) is 20.8 Å². The number of aliphatic carboxylic acids is 1. The number of carboxylic acids is 1. The minimum absolute atomic E-state index is 0.320. The predicted molar refractivity (Wildman–Crippen MR) is 73.7 cm³/mol. The van der Waals surface area contributed by atoms with Crippen LogP contribution in [0.15, 0.2) is 15.9 Å². The molecule has 0 aliphatic carbocycles. The smallest absolute Gasteiger partial charge is 0.329 e. The molecule has 0 fully saturated rings. The molecular weight excluding hydrogens is 320 g/mol. The van der Waals surface area contributed by atoms with Crippen molar-refractivity contribution in [2.45, 2.75) is 32.4 Å². The second-order valence-electron chi connectivity index (χ2n) is 4.00. The SMILES string of the molecule is CCC(C)(NC(=O)NCc1ccc(Br)s1)C(=O)O. The van der Waals surface area contributed by atoms with Crippen LogP contribution in [0, 0.1) is 0 Å². The van der Waals surface area contributed by atoms with E-state index in [1.54, 1.807) is 6.92 Å². The Morgan fingerprint density at radius 3 is 2.61 bits per heavy atom. The molecule has 0 aliphatic heterocycles. The van der Waals surface area contributed by atoms with E-state index in [0.717, 1.165) is 8.66 Å². The molecule has 0 aromatic carbocycles. The van der Waals surface area contributed by atoms with Gasteiger partial charge >= 0.3 is 12.0 Å². The molecule has 0 radical (unpaired) electrons. The van der Waals surface area contributed by atoms with Gasteiger partial charge in [0.1, 0.15) is 5.54 Å². The van der Waals surface area contributed by atoms with Crippen LogP contribution in [0.4, 0.5) is 4.79 Å². The Balaban J connectivity index is 2.49. The number of amides is 2. The van der Waals surface area contributed by atoms with E-state index in [9.17, 15) is 9.59 Å². The Labute approximate surface area is 118 Å². The van der Waals surface area contributed by atoms with Crippen molar-refractivity contribution >= 4 is 39.3 Å². The van der Waals surface area contributed by atoms with Crippen molar-refractivity contribution in [2.24, 2.45) is 0 Å². The maximum atomic E-state index is 11.6. The monoisotopic (exact) mass is 334 g/mol. The number of carbonyl (C=O) groups is 2. The number of hydrogen-bond donors (Lipinski definition) is 3. The number of hydrogen-bond acceptors (Lipinski definition) is 3. The minimum atomic E-state index is -1.24. The van der Waals surface area contributed by atoms with Crippen molar-refractivity contribution in [3.63, 3.8) is 0 Å². The van der Waals surface area contributed by atoms with E-state index in [4.69, 9.17) is 5.11 Å². The second kappa shape index (κ2) is 6.19. The summed E-state index contributed by atoms with van der Waals surface area (Å²) in [6.45, 7) is 3.57. The average Bonchev–Trinajstić information content (AvgIpc) is 2.72. The highest BCUT2D eigenvalue weighted by molar-refractivity contribution is 9.11. The Hall–Kier alpha value is -1.08. The van der Waals surface area contributed by atoms with Crippen LogP contribution in [0.3, 0.4) is 0 Å². The first kappa shape index (κ1) is 15.0. The third-order valence-corrected chi connectivity index (χ3v) is 4.24. The average molecular weight is 335 g/mol. The topological polar surface area (TPSA) is 78.4 Å². The van der Waals surface area contributed by atoms with Gasteiger partial charge in [0.2, 0.25) is 0 Å². The number of rotatable bonds is 5. The van der Waals surface area contributed by atoms with E-state index in [2.05, 4.69) is 26.6 Å². The zero-order valence-corrected chi connectivity index (χ0v) is 12.5. The van der Waals surface area contributed by atoms with Crippen molar-refractivity contribution in [1.29, 1.82) is 0 Å². The molecule has 1 unspecified atom stereocenters. The van der Waals surface area contributed by atoms with Crippen molar-refractivity contribution in [1.82, 2.24) is 10.6 Å². The van der Waals surface area contributed by atoms with E-state index in [1.807, 2.05) is 12.1 Å². The van der Waals surface area contributed by atoms with Gasteiger partial charge in [-0.2, -0.15) is 0 Å². The summed E-state index contributed by atoms with van der Waals surface area (Å²) in [5.41, 5.74) is -1.24. The summed E-state index contributed by atoms with van der Waals surface area (Å²) in [6.07, 6.45) is 0.320. The summed E-state index contributed by atoms with van der Waals surface area (Å²) in [5.74, 6) is -1.04. The molecule has 1 heterocycles. The van der Waals surface area contributed by atoms with E-state index >= 15 is 0 Å². The molecule has 0 saturated carbocycles. The lowest BCUT2D eigenvalue weighted by atomic mass is 10.00. The molecule has 1 atom stereocenters. The number of carboxylic acid groups (broad SMARTS) is 1. The predicted octanol–water partition coefficient (Wildman–Crippen LogP) is 2.56. The van der Waals surface area contributed by atoms with Crippen LogP contribution in [-0.4, -0.2) is 22.6 Å².